The summed E-state index contributed by atoms with van der Waals surface area (Å²) in [5.74, 6) is 0.447. The number of fused-ring (bicyclic) bond motifs is 4. The maximum absolute atomic E-state index is 14.3. The Morgan fingerprint density at radius 1 is 1.09 bits per heavy atom. The summed E-state index contributed by atoms with van der Waals surface area (Å²) in [5.41, 5.74) is 11.0. The molecule has 0 saturated heterocycles. The highest BCUT2D eigenvalue weighted by atomic mass is 32.1. The number of hydrogen-bond acceptors (Lipinski definition) is 4. The van der Waals surface area contributed by atoms with Crippen molar-refractivity contribution in [2.75, 3.05) is 12.0 Å². The maximum atomic E-state index is 14.3. The molecule has 0 bridgehead atoms. The molecular formula is C28H31N5OS. The number of aromatic nitrogens is 2. The van der Waals surface area contributed by atoms with Gasteiger partial charge in [0.1, 0.15) is 0 Å². The van der Waals surface area contributed by atoms with Crippen molar-refractivity contribution in [1.82, 2.24) is 20.3 Å². The van der Waals surface area contributed by atoms with E-state index in [0.29, 0.717) is 24.2 Å². The van der Waals surface area contributed by atoms with Gasteiger partial charge in [-0.1, -0.05) is 79.9 Å². The summed E-state index contributed by atoms with van der Waals surface area (Å²) >= 11 is 5.36. The Balaban J connectivity index is 1.65. The molecule has 0 amide bonds. The molecule has 7 heteroatoms. The fraction of sp³-hybridized carbons (Fsp3) is 0.321. The SMILES string of the molecule is C=CCNC(=S)NNc1nc2c(c(=O)n1Cc1ccccc1)C1(CCCCC1)Cc1ccccc1-2. The van der Waals surface area contributed by atoms with Crippen molar-refractivity contribution < 1.29 is 0 Å². The predicted octanol–water partition coefficient (Wildman–Crippen LogP) is 4.69. The van der Waals surface area contributed by atoms with Gasteiger partial charge in [-0.3, -0.25) is 20.2 Å². The first-order valence-corrected chi connectivity index (χ1v) is 12.7. The second-order valence-electron chi connectivity index (χ2n) is 9.46. The molecule has 1 saturated carbocycles. The highest BCUT2D eigenvalue weighted by Gasteiger charge is 2.43. The zero-order chi connectivity index (χ0) is 24.3. The van der Waals surface area contributed by atoms with Gasteiger partial charge in [0.25, 0.3) is 5.56 Å². The number of rotatable bonds is 6. The van der Waals surface area contributed by atoms with Crippen molar-refractivity contribution in [3.05, 3.63) is 94.3 Å². The molecule has 0 atom stereocenters. The summed E-state index contributed by atoms with van der Waals surface area (Å²) in [6.07, 6.45) is 8.20. The summed E-state index contributed by atoms with van der Waals surface area (Å²) in [6.45, 7) is 4.67. The van der Waals surface area contributed by atoms with E-state index in [4.69, 9.17) is 17.2 Å². The monoisotopic (exact) mass is 485 g/mol. The minimum atomic E-state index is -0.156. The van der Waals surface area contributed by atoms with Crippen LogP contribution in [-0.2, 0) is 18.4 Å². The van der Waals surface area contributed by atoms with Crippen LogP contribution in [-0.4, -0.2) is 21.2 Å². The molecule has 180 valence electrons. The third-order valence-electron chi connectivity index (χ3n) is 7.19. The molecule has 3 N–H and O–H groups in total. The highest BCUT2D eigenvalue weighted by molar-refractivity contribution is 7.80. The predicted molar refractivity (Wildman–Crippen MR) is 146 cm³/mol. The van der Waals surface area contributed by atoms with Crippen molar-refractivity contribution in [3.8, 4) is 11.3 Å². The van der Waals surface area contributed by atoms with E-state index < -0.39 is 0 Å². The molecule has 1 heterocycles. The van der Waals surface area contributed by atoms with Gasteiger partial charge in [0, 0.05) is 17.5 Å². The molecule has 2 aliphatic carbocycles. The average Bonchev–Trinajstić information content (AvgIpc) is 2.89. The lowest BCUT2D eigenvalue weighted by molar-refractivity contribution is 0.283. The normalized spacial score (nSPS) is 15.5. The molecule has 2 aromatic carbocycles. The van der Waals surface area contributed by atoms with E-state index in [1.54, 1.807) is 10.6 Å². The van der Waals surface area contributed by atoms with E-state index in [2.05, 4.69) is 40.9 Å². The van der Waals surface area contributed by atoms with Crippen molar-refractivity contribution in [1.29, 1.82) is 0 Å². The molecule has 5 rings (SSSR count). The van der Waals surface area contributed by atoms with E-state index in [1.807, 2.05) is 36.4 Å². The van der Waals surface area contributed by atoms with Crippen LogP contribution in [0.15, 0.2) is 72.0 Å². The summed E-state index contributed by atoms with van der Waals surface area (Å²) in [6, 6.07) is 18.4. The first-order chi connectivity index (χ1) is 17.1. The van der Waals surface area contributed by atoms with Crippen LogP contribution < -0.4 is 21.7 Å². The second-order valence-corrected chi connectivity index (χ2v) is 9.87. The highest BCUT2D eigenvalue weighted by Crippen LogP contribution is 2.48. The van der Waals surface area contributed by atoms with Gasteiger partial charge in [0.05, 0.1) is 17.8 Å². The number of anilines is 1. The third kappa shape index (κ3) is 4.60. The van der Waals surface area contributed by atoms with Crippen LogP contribution in [0, 0.1) is 0 Å². The van der Waals surface area contributed by atoms with Gasteiger partial charge in [-0.05, 0) is 42.6 Å². The van der Waals surface area contributed by atoms with Crippen LogP contribution in [0.25, 0.3) is 11.3 Å². The van der Waals surface area contributed by atoms with Crippen LogP contribution in [0.3, 0.4) is 0 Å². The van der Waals surface area contributed by atoms with Gasteiger partial charge in [-0.25, -0.2) is 4.98 Å². The van der Waals surface area contributed by atoms with Gasteiger partial charge >= 0.3 is 0 Å². The first-order valence-electron chi connectivity index (χ1n) is 12.3. The molecule has 0 unspecified atom stereocenters. The smallest absolute Gasteiger partial charge is 0.259 e. The van der Waals surface area contributed by atoms with E-state index in [-0.39, 0.29) is 11.0 Å². The summed E-state index contributed by atoms with van der Waals surface area (Å²) in [7, 11) is 0. The lowest BCUT2D eigenvalue weighted by Crippen LogP contribution is -2.45. The van der Waals surface area contributed by atoms with Gasteiger partial charge in [0.2, 0.25) is 5.95 Å². The van der Waals surface area contributed by atoms with E-state index in [0.717, 1.165) is 54.5 Å². The Morgan fingerprint density at radius 2 is 1.83 bits per heavy atom. The van der Waals surface area contributed by atoms with Crippen LogP contribution in [0.2, 0.25) is 0 Å². The molecule has 35 heavy (non-hydrogen) atoms. The molecule has 1 spiro atoms. The average molecular weight is 486 g/mol. The van der Waals surface area contributed by atoms with E-state index in [1.165, 1.54) is 12.0 Å². The number of thiocarbonyl (C=S) groups is 1. The van der Waals surface area contributed by atoms with Crippen molar-refractivity contribution in [2.24, 2.45) is 0 Å². The summed E-state index contributed by atoms with van der Waals surface area (Å²) < 4.78 is 1.75. The van der Waals surface area contributed by atoms with E-state index >= 15 is 0 Å². The van der Waals surface area contributed by atoms with Gasteiger partial charge in [-0.15, -0.1) is 6.58 Å². The van der Waals surface area contributed by atoms with Crippen molar-refractivity contribution in [3.63, 3.8) is 0 Å². The summed E-state index contributed by atoms with van der Waals surface area (Å²) in [4.78, 5) is 19.4. The number of nitrogens with one attached hydrogen (secondary N) is 3. The molecule has 1 aromatic heterocycles. The Labute approximate surface area is 211 Å². The van der Waals surface area contributed by atoms with Crippen LogP contribution >= 0.6 is 12.2 Å². The Kier molecular flexibility index (Phi) is 6.68. The summed E-state index contributed by atoms with van der Waals surface area (Å²) in [5, 5.41) is 3.45. The number of nitrogens with zero attached hydrogens (tertiary/aromatic N) is 2. The Morgan fingerprint density at radius 3 is 2.60 bits per heavy atom. The maximum Gasteiger partial charge on any atom is 0.259 e. The molecule has 3 aromatic rings. The number of hydrogen-bond donors (Lipinski definition) is 3. The molecule has 0 radical (unpaired) electrons. The van der Waals surface area contributed by atoms with Crippen molar-refractivity contribution in [2.45, 2.75) is 50.5 Å². The fourth-order valence-electron chi connectivity index (χ4n) is 5.57. The lowest BCUT2D eigenvalue weighted by Gasteiger charge is -2.42. The molecule has 2 aliphatic rings. The molecule has 1 fully saturated rings. The van der Waals surface area contributed by atoms with Crippen molar-refractivity contribution >= 4 is 23.3 Å². The molecule has 0 aliphatic heterocycles. The zero-order valence-electron chi connectivity index (χ0n) is 19.8. The van der Waals surface area contributed by atoms with Crippen LogP contribution in [0.4, 0.5) is 5.95 Å². The lowest BCUT2D eigenvalue weighted by atomic mass is 9.62. The van der Waals surface area contributed by atoms with E-state index in [9.17, 15) is 4.79 Å². The zero-order valence-corrected chi connectivity index (χ0v) is 20.7. The first kappa shape index (κ1) is 23.3. The standard InChI is InChI=1S/C28H31N5OS/c1-2-17-29-27(35)32-31-26-30-24-22-14-8-7-13-21(22)18-28(15-9-4-10-16-28)23(24)25(34)33(26)19-20-11-5-3-6-12-20/h2-3,5-8,11-14H,1,4,9-10,15-19H2,(H,30,31)(H2,29,32,35). The molecular weight excluding hydrogens is 454 g/mol. The quantitative estimate of drug-likeness (QED) is 0.267. The van der Waals surface area contributed by atoms with Gasteiger partial charge < -0.3 is 5.32 Å². The second kappa shape index (κ2) is 10.0. The topological polar surface area (TPSA) is 71.0 Å². The number of hydrazine groups is 1. The fourth-order valence-corrected chi connectivity index (χ4v) is 5.71. The molecule has 6 nitrogen and oxygen atoms in total. The van der Waals surface area contributed by atoms with Gasteiger partial charge in [-0.2, -0.15) is 0 Å². The van der Waals surface area contributed by atoms with Gasteiger partial charge in [0.15, 0.2) is 5.11 Å². The third-order valence-corrected chi connectivity index (χ3v) is 7.44. The van der Waals surface area contributed by atoms with Crippen LogP contribution in [0.1, 0.15) is 48.8 Å². The minimum Gasteiger partial charge on any atom is -0.358 e. The van der Waals surface area contributed by atoms with Crippen LogP contribution in [0.5, 0.6) is 0 Å². The Hall–Kier alpha value is -3.45. The number of benzene rings is 2. The largest absolute Gasteiger partial charge is 0.358 e. The Bertz CT molecular complexity index is 1290. The minimum absolute atomic E-state index is 0.0320.